The van der Waals surface area contributed by atoms with Gasteiger partial charge in [-0.15, -0.1) is 0 Å². The Bertz CT molecular complexity index is 3920. The third-order valence-electron chi connectivity index (χ3n) is 13.1. The van der Waals surface area contributed by atoms with Gasteiger partial charge in [-0.05, 0) is 119 Å². The van der Waals surface area contributed by atoms with Crippen molar-refractivity contribution in [1.29, 1.82) is 10.5 Å². The number of hydrogen-bond donors (Lipinski definition) is 0. The highest BCUT2D eigenvalue weighted by Crippen LogP contribution is 2.45. The van der Waals surface area contributed by atoms with Crippen molar-refractivity contribution in [2.45, 2.75) is 6.18 Å². The van der Waals surface area contributed by atoms with Crippen molar-refractivity contribution in [3.63, 3.8) is 0 Å². The zero-order valence-electron chi connectivity index (χ0n) is 37.0. The summed E-state index contributed by atoms with van der Waals surface area (Å²) < 4.78 is 48.8. The maximum atomic E-state index is 14.9. The second kappa shape index (κ2) is 16.6. The van der Waals surface area contributed by atoms with Crippen LogP contribution in [0.3, 0.4) is 0 Å². The number of hydrogen-bond acceptors (Lipinski definition) is 4. The number of para-hydroxylation sites is 2. The van der Waals surface area contributed by atoms with Gasteiger partial charge in [0.1, 0.15) is 0 Å². The molecule has 4 heterocycles. The molecule has 4 aromatic heterocycles. The third-order valence-corrected chi connectivity index (χ3v) is 13.1. The van der Waals surface area contributed by atoms with Crippen molar-refractivity contribution in [2.24, 2.45) is 0 Å². The van der Waals surface area contributed by atoms with Crippen LogP contribution >= 0.6 is 0 Å². The Balaban J connectivity index is 1.14. The largest absolute Gasteiger partial charge is 0.416 e. The number of fused-ring (bicyclic) bond motifs is 6. The van der Waals surface area contributed by atoms with Crippen LogP contribution in [0.1, 0.15) is 16.7 Å². The average Bonchev–Trinajstić information content (AvgIpc) is 3.92. The average molecular weight is 909 g/mol. The summed E-state index contributed by atoms with van der Waals surface area (Å²) in [5, 5.41) is 24.8. The van der Waals surface area contributed by atoms with E-state index in [1.165, 1.54) is 6.07 Å². The molecule has 8 aromatic carbocycles. The number of benzene rings is 8. The zero-order valence-corrected chi connectivity index (χ0v) is 37.0. The van der Waals surface area contributed by atoms with Crippen molar-refractivity contribution >= 4 is 43.6 Å². The Morgan fingerprint density at radius 2 is 0.800 bits per heavy atom. The topological polar surface area (TPSA) is 83.2 Å². The second-order valence-electron chi connectivity index (χ2n) is 17.2. The Morgan fingerprint density at radius 1 is 0.371 bits per heavy atom. The summed E-state index contributed by atoms with van der Waals surface area (Å²) in [5.74, 6) is 0. The lowest BCUT2D eigenvalue weighted by atomic mass is 9.94. The summed E-state index contributed by atoms with van der Waals surface area (Å²) in [6.45, 7) is 0. The molecule has 0 aliphatic carbocycles. The van der Waals surface area contributed by atoms with Crippen LogP contribution in [-0.2, 0) is 6.18 Å². The van der Waals surface area contributed by atoms with E-state index < -0.39 is 11.7 Å². The second-order valence-corrected chi connectivity index (χ2v) is 17.2. The lowest BCUT2D eigenvalue weighted by Crippen LogP contribution is -2.08. The molecule has 0 radical (unpaired) electrons. The van der Waals surface area contributed by atoms with Crippen molar-refractivity contribution in [1.82, 2.24) is 19.1 Å². The lowest BCUT2D eigenvalue weighted by molar-refractivity contribution is -0.137. The van der Waals surface area contributed by atoms with Gasteiger partial charge in [-0.3, -0.25) is 9.97 Å². The number of alkyl halides is 3. The van der Waals surface area contributed by atoms with E-state index >= 15 is 0 Å². The van der Waals surface area contributed by atoms with Gasteiger partial charge in [0, 0.05) is 50.6 Å². The molecule has 0 saturated heterocycles. The number of nitrogens with zero attached hydrogens (tertiary/aromatic N) is 6. The van der Waals surface area contributed by atoms with Gasteiger partial charge in [-0.2, -0.15) is 23.7 Å². The molecule has 0 saturated carbocycles. The maximum Gasteiger partial charge on any atom is 0.416 e. The van der Waals surface area contributed by atoms with Gasteiger partial charge in [0.05, 0.1) is 73.7 Å². The number of halogens is 3. The van der Waals surface area contributed by atoms with E-state index in [9.17, 15) is 23.7 Å². The van der Waals surface area contributed by atoms with E-state index in [0.717, 1.165) is 101 Å². The van der Waals surface area contributed by atoms with E-state index in [1.54, 1.807) is 24.5 Å². The normalized spacial score (nSPS) is 11.6. The first-order valence-electron chi connectivity index (χ1n) is 22.6. The van der Waals surface area contributed by atoms with Crippen LogP contribution in [-0.4, -0.2) is 19.1 Å². The first kappa shape index (κ1) is 41.8. The molecule has 12 rings (SSSR count). The fraction of sp³-hybridized carbons (Fsp3) is 0.0164. The molecule has 0 aliphatic heterocycles. The molecule has 0 atom stereocenters. The third kappa shape index (κ3) is 7.13. The first-order chi connectivity index (χ1) is 34.2. The van der Waals surface area contributed by atoms with Crippen LogP contribution in [0.5, 0.6) is 0 Å². The van der Waals surface area contributed by atoms with Crippen molar-refractivity contribution in [3.05, 3.63) is 229 Å². The van der Waals surface area contributed by atoms with Crippen LogP contribution in [0.2, 0.25) is 0 Å². The van der Waals surface area contributed by atoms with Crippen LogP contribution in [0, 0.1) is 22.7 Å². The molecule has 0 N–H and O–H groups in total. The van der Waals surface area contributed by atoms with E-state index in [0.29, 0.717) is 22.5 Å². The standard InChI is InChI=1S/C61H35F3N6/c62-61(63,64)47-28-38(36-65)27-46(31-47)60-58(69-54-17-9-7-15-48(54)50-32-42(19-21-56(50)69)44-23-25-67-52(34-44)40-11-3-1-4-12-40)29-39(37-66)30-59(60)70-55-18-10-8-16-49(55)51-33-43(20-22-57(51)70)45-24-26-68-53(35-45)41-13-5-2-6-14-41/h1-35H. The van der Waals surface area contributed by atoms with Crippen LogP contribution in [0.4, 0.5) is 13.2 Å². The van der Waals surface area contributed by atoms with Gasteiger partial charge < -0.3 is 9.13 Å². The van der Waals surface area contributed by atoms with Crippen LogP contribution in [0.15, 0.2) is 213 Å². The minimum absolute atomic E-state index is 0.149. The Morgan fingerprint density at radius 3 is 1.27 bits per heavy atom. The molecular formula is C61H35F3N6. The molecule has 0 aliphatic rings. The summed E-state index contributed by atoms with van der Waals surface area (Å²) in [6, 6.07) is 67.5. The monoisotopic (exact) mass is 908 g/mol. The van der Waals surface area contributed by atoms with Crippen molar-refractivity contribution in [3.8, 4) is 79.4 Å². The maximum absolute atomic E-state index is 14.9. The molecule has 70 heavy (non-hydrogen) atoms. The van der Waals surface area contributed by atoms with Gasteiger partial charge in [0.2, 0.25) is 0 Å². The number of nitriles is 2. The quantitative estimate of drug-likeness (QED) is 0.159. The van der Waals surface area contributed by atoms with Crippen LogP contribution in [0.25, 0.3) is 111 Å². The molecule has 6 nitrogen and oxygen atoms in total. The van der Waals surface area contributed by atoms with Gasteiger partial charge in [-0.1, -0.05) is 109 Å². The first-order valence-corrected chi connectivity index (χ1v) is 22.6. The summed E-state index contributed by atoms with van der Waals surface area (Å²) in [4.78, 5) is 9.31. The fourth-order valence-corrected chi connectivity index (χ4v) is 9.90. The molecule has 9 heteroatoms. The highest BCUT2D eigenvalue weighted by molar-refractivity contribution is 6.13. The summed E-state index contributed by atoms with van der Waals surface area (Å²) in [5.41, 5.74) is 11.3. The van der Waals surface area contributed by atoms with Gasteiger partial charge in [0.15, 0.2) is 0 Å². The smallest absolute Gasteiger partial charge is 0.308 e. The van der Waals surface area contributed by atoms with E-state index in [-0.39, 0.29) is 11.1 Å². The van der Waals surface area contributed by atoms with E-state index in [1.807, 2.05) is 161 Å². The van der Waals surface area contributed by atoms with Crippen molar-refractivity contribution in [2.75, 3.05) is 0 Å². The molecule has 330 valence electrons. The number of pyridine rings is 2. The summed E-state index contributed by atoms with van der Waals surface area (Å²) in [6.07, 6.45) is -1.16. The highest BCUT2D eigenvalue weighted by Gasteiger charge is 2.33. The summed E-state index contributed by atoms with van der Waals surface area (Å²) in [7, 11) is 0. The van der Waals surface area contributed by atoms with E-state index in [2.05, 4.69) is 40.3 Å². The van der Waals surface area contributed by atoms with Crippen LogP contribution < -0.4 is 0 Å². The number of rotatable bonds is 7. The lowest BCUT2D eigenvalue weighted by Gasteiger charge is -2.22. The molecule has 0 amide bonds. The summed E-state index contributed by atoms with van der Waals surface area (Å²) >= 11 is 0. The Hall–Kier alpha value is -9.57. The predicted octanol–water partition coefficient (Wildman–Crippen LogP) is 15.8. The predicted molar refractivity (Wildman–Crippen MR) is 272 cm³/mol. The number of aromatic nitrogens is 4. The minimum atomic E-state index is -4.76. The Labute approximate surface area is 399 Å². The molecular weight excluding hydrogens is 874 g/mol. The molecule has 0 bridgehead atoms. The zero-order chi connectivity index (χ0) is 47.5. The van der Waals surface area contributed by atoms with Gasteiger partial charge in [-0.25, -0.2) is 0 Å². The molecule has 0 fully saturated rings. The van der Waals surface area contributed by atoms with Gasteiger partial charge in [0.25, 0.3) is 0 Å². The fourth-order valence-electron chi connectivity index (χ4n) is 9.90. The van der Waals surface area contributed by atoms with E-state index in [4.69, 9.17) is 0 Å². The molecule has 12 aromatic rings. The molecule has 0 spiro atoms. The molecule has 0 unspecified atom stereocenters. The van der Waals surface area contributed by atoms with Gasteiger partial charge >= 0.3 is 6.18 Å². The van der Waals surface area contributed by atoms with Crippen molar-refractivity contribution < 1.29 is 13.2 Å². The SMILES string of the molecule is N#Cc1cc(-c2c(-n3c4ccccc4c4cc(-c5ccnc(-c6ccccc6)c5)ccc43)cc(C#N)cc2-n2c3ccccc3c3cc(-c4ccnc(-c5ccccc5)c4)ccc32)cc(C(F)(F)F)c1. The highest BCUT2D eigenvalue weighted by atomic mass is 19.4. The Kier molecular flexibility index (Phi) is 9.94. The minimum Gasteiger partial charge on any atom is -0.308 e.